The zero-order valence-electron chi connectivity index (χ0n) is 19.1. The molecule has 0 fully saturated rings. The second-order valence-electron chi connectivity index (χ2n) is 9.16. The van der Waals surface area contributed by atoms with Crippen molar-refractivity contribution in [2.75, 3.05) is 11.5 Å². The lowest BCUT2D eigenvalue weighted by atomic mass is 9.85. The number of rotatable bonds is 6. The number of ether oxygens (including phenoxy) is 1. The predicted molar refractivity (Wildman–Crippen MR) is 122 cm³/mol. The number of anilines is 1. The number of carbonyl (C=O) groups is 2. The maximum absolute atomic E-state index is 13.1. The zero-order chi connectivity index (χ0) is 22.9. The molecule has 164 valence electrons. The molecule has 0 saturated heterocycles. The Morgan fingerprint density at radius 2 is 1.65 bits per heavy atom. The van der Waals surface area contributed by atoms with E-state index in [1.54, 1.807) is 38.1 Å². The maximum atomic E-state index is 13.1. The van der Waals surface area contributed by atoms with Crippen LogP contribution in [0.2, 0.25) is 0 Å². The van der Waals surface area contributed by atoms with Gasteiger partial charge in [-0.25, -0.2) is 0 Å². The molecule has 0 bridgehead atoms. The molecule has 2 aromatic carbocycles. The minimum Gasteiger partial charge on any atom is -0.503 e. The van der Waals surface area contributed by atoms with Crippen molar-refractivity contribution in [3.8, 4) is 5.75 Å². The first-order chi connectivity index (χ1) is 14.6. The molecule has 1 amide bonds. The number of carbonyl (C=O) groups excluding carboxylic acids is 2. The van der Waals surface area contributed by atoms with E-state index in [-0.39, 0.29) is 22.7 Å². The molecule has 1 aliphatic rings. The number of hydrogen-bond acceptors (Lipinski definition) is 4. The molecule has 2 aromatic rings. The van der Waals surface area contributed by atoms with Crippen LogP contribution in [0.5, 0.6) is 5.75 Å². The molecule has 1 atom stereocenters. The largest absolute Gasteiger partial charge is 0.503 e. The van der Waals surface area contributed by atoms with E-state index < -0.39 is 17.7 Å². The van der Waals surface area contributed by atoms with Gasteiger partial charge in [0.2, 0.25) is 0 Å². The molecule has 31 heavy (non-hydrogen) atoms. The summed E-state index contributed by atoms with van der Waals surface area (Å²) in [6.07, 6.45) is 0. The summed E-state index contributed by atoms with van der Waals surface area (Å²) in [7, 11) is 0. The van der Waals surface area contributed by atoms with E-state index in [2.05, 4.69) is 20.8 Å². The van der Waals surface area contributed by atoms with E-state index in [1.165, 1.54) is 4.90 Å². The van der Waals surface area contributed by atoms with E-state index in [9.17, 15) is 14.7 Å². The van der Waals surface area contributed by atoms with Crippen LogP contribution >= 0.6 is 0 Å². The molecule has 0 saturated carbocycles. The summed E-state index contributed by atoms with van der Waals surface area (Å²) in [5, 5.41) is 10.7. The number of Topliss-reactive ketones (excluding diaryl/α,β-unsaturated/α-hetero) is 1. The second kappa shape index (κ2) is 8.58. The average molecular weight is 422 g/mol. The summed E-state index contributed by atoms with van der Waals surface area (Å²) < 4.78 is 5.50. The summed E-state index contributed by atoms with van der Waals surface area (Å²) in [4.78, 5) is 27.6. The molecule has 0 spiro atoms. The third kappa shape index (κ3) is 4.36. The van der Waals surface area contributed by atoms with Gasteiger partial charge in [0.15, 0.2) is 11.5 Å². The Hall–Kier alpha value is -3.08. The van der Waals surface area contributed by atoms with Crippen LogP contribution in [0.1, 0.15) is 58.7 Å². The van der Waals surface area contributed by atoms with Gasteiger partial charge in [-0.15, -0.1) is 0 Å². The third-order valence-electron chi connectivity index (χ3n) is 5.52. The fourth-order valence-electron chi connectivity index (χ4n) is 3.78. The molecular formula is C26H31NO4. The zero-order valence-corrected chi connectivity index (χ0v) is 19.1. The number of benzene rings is 2. The standard InChI is InChI=1S/C26H31NO4/c1-7-31-20-14-12-19(13-15-20)27-22(17-8-10-18(11-9-17)26(4,5)6)21(23(28)16(2)3)24(29)25(27)30/h8-16,22,29H,7H2,1-6H3. The van der Waals surface area contributed by atoms with Crippen molar-refractivity contribution < 1.29 is 19.4 Å². The summed E-state index contributed by atoms with van der Waals surface area (Å²) >= 11 is 0. The van der Waals surface area contributed by atoms with Gasteiger partial charge in [0, 0.05) is 11.6 Å². The van der Waals surface area contributed by atoms with Crippen LogP contribution in [0, 0.1) is 5.92 Å². The molecule has 5 heteroatoms. The van der Waals surface area contributed by atoms with Crippen molar-refractivity contribution in [3.63, 3.8) is 0 Å². The third-order valence-corrected chi connectivity index (χ3v) is 5.52. The predicted octanol–water partition coefficient (Wildman–Crippen LogP) is 5.51. The fourth-order valence-corrected chi connectivity index (χ4v) is 3.78. The van der Waals surface area contributed by atoms with Gasteiger partial charge in [0.1, 0.15) is 5.75 Å². The molecule has 0 aromatic heterocycles. The molecule has 0 radical (unpaired) electrons. The Bertz CT molecular complexity index is 995. The van der Waals surface area contributed by atoms with E-state index in [0.29, 0.717) is 18.0 Å². The Morgan fingerprint density at radius 1 is 1.06 bits per heavy atom. The van der Waals surface area contributed by atoms with Gasteiger partial charge in [0.25, 0.3) is 5.91 Å². The fraction of sp³-hybridized carbons (Fsp3) is 0.385. The average Bonchev–Trinajstić information content (AvgIpc) is 2.98. The number of hydrogen-bond donors (Lipinski definition) is 1. The van der Waals surface area contributed by atoms with Crippen LogP contribution in [-0.4, -0.2) is 23.4 Å². The molecule has 0 aliphatic carbocycles. The Balaban J connectivity index is 2.11. The minimum absolute atomic E-state index is 0.0205. The summed E-state index contributed by atoms with van der Waals surface area (Å²) in [6, 6.07) is 14.3. The van der Waals surface area contributed by atoms with Crippen molar-refractivity contribution in [2.24, 2.45) is 5.92 Å². The maximum Gasteiger partial charge on any atom is 0.294 e. The van der Waals surface area contributed by atoms with Crippen molar-refractivity contribution in [1.29, 1.82) is 0 Å². The highest BCUT2D eigenvalue weighted by atomic mass is 16.5. The first kappa shape index (κ1) is 22.6. The van der Waals surface area contributed by atoms with Crippen LogP contribution in [0.4, 0.5) is 5.69 Å². The number of amides is 1. The highest BCUT2D eigenvalue weighted by Gasteiger charge is 2.44. The van der Waals surface area contributed by atoms with E-state index >= 15 is 0 Å². The minimum atomic E-state index is -0.686. The lowest BCUT2D eigenvalue weighted by Gasteiger charge is -2.28. The highest BCUT2D eigenvalue weighted by Crippen LogP contribution is 2.42. The molecule has 1 unspecified atom stereocenters. The van der Waals surface area contributed by atoms with Crippen molar-refractivity contribution in [1.82, 2.24) is 0 Å². The second-order valence-corrected chi connectivity index (χ2v) is 9.16. The number of nitrogens with zero attached hydrogens (tertiary/aromatic N) is 1. The molecule has 1 heterocycles. The van der Waals surface area contributed by atoms with Crippen LogP contribution in [0.25, 0.3) is 0 Å². The first-order valence-corrected chi connectivity index (χ1v) is 10.7. The van der Waals surface area contributed by atoms with E-state index in [0.717, 1.165) is 11.1 Å². The summed E-state index contributed by atoms with van der Waals surface area (Å²) in [5.41, 5.74) is 2.66. The Morgan fingerprint density at radius 3 is 2.13 bits per heavy atom. The molecule has 3 rings (SSSR count). The monoisotopic (exact) mass is 421 g/mol. The quantitative estimate of drug-likeness (QED) is 0.668. The number of ketones is 1. The van der Waals surface area contributed by atoms with Crippen LogP contribution in [0.3, 0.4) is 0 Å². The van der Waals surface area contributed by atoms with Crippen molar-refractivity contribution >= 4 is 17.4 Å². The molecular weight excluding hydrogens is 390 g/mol. The van der Waals surface area contributed by atoms with Crippen LogP contribution < -0.4 is 9.64 Å². The van der Waals surface area contributed by atoms with Gasteiger partial charge >= 0.3 is 0 Å². The van der Waals surface area contributed by atoms with Gasteiger partial charge in [0.05, 0.1) is 18.2 Å². The molecule has 1 N–H and O–H groups in total. The van der Waals surface area contributed by atoms with Crippen LogP contribution in [-0.2, 0) is 15.0 Å². The van der Waals surface area contributed by atoms with Gasteiger partial charge in [-0.05, 0) is 47.7 Å². The van der Waals surface area contributed by atoms with Crippen molar-refractivity contribution in [2.45, 2.75) is 53.0 Å². The Kier molecular flexibility index (Phi) is 6.25. The summed E-state index contributed by atoms with van der Waals surface area (Å²) in [5.74, 6) is -0.930. The normalized spacial score (nSPS) is 16.9. The van der Waals surface area contributed by atoms with Gasteiger partial charge in [-0.1, -0.05) is 58.9 Å². The van der Waals surface area contributed by atoms with Crippen LogP contribution in [0.15, 0.2) is 59.9 Å². The number of aliphatic hydroxyl groups is 1. The van der Waals surface area contributed by atoms with E-state index in [1.807, 2.05) is 31.2 Å². The lowest BCUT2D eigenvalue weighted by molar-refractivity contribution is -0.119. The lowest BCUT2D eigenvalue weighted by Crippen LogP contribution is -2.31. The highest BCUT2D eigenvalue weighted by molar-refractivity contribution is 6.16. The smallest absolute Gasteiger partial charge is 0.294 e. The topological polar surface area (TPSA) is 66.8 Å². The Labute approximate surface area is 184 Å². The number of aliphatic hydroxyl groups excluding tert-OH is 1. The van der Waals surface area contributed by atoms with Gasteiger partial charge in [-0.2, -0.15) is 0 Å². The molecule has 5 nitrogen and oxygen atoms in total. The summed E-state index contributed by atoms with van der Waals surface area (Å²) in [6.45, 7) is 12.4. The van der Waals surface area contributed by atoms with Gasteiger partial charge < -0.3 is 9.84 Å². The van der Waals surface area contributed by atoms with E-state index in [4.69, 9.17) is 4.74 Å². The SMILES string of the molecule is CCOc1ccc(N2C(=O)C(O)=C(C(=O)C(C)C)C2c2ccc(C(C)(C)C)cc2)cc1. The molecule has 1 aliphatic heterocycles. The van der Waals surface area contributed by atoms with Gasteiger partial charge in [-0.3, -0.25) is 14.5 Å². The van der Waals surface area contributed by atoms with Crippen molar-refractivity contribution in [3.05, 3.63) is 71.0 Å². The first-order valence-electron chi connectivity index (χ1n) is 10.7.